The van der Waals surface area contributed by atoms with Gasteiger partial charge in [-0.25, -0.2) is 0 Å². The summed E-state index contributed by atoms with van der Waals surface area (Å²) >= 11 is 0. The molecule has 12 aromatic carbocycles. The topological polar surface area (TPSA) is 0 Å². The smallest absolute Gasteiger partial charge is 0.366 e. The molecule has 336 valence electrons. The first-order chi connectivity index (χ1) is 33.2. The molecule has 0 amide bonds. The van der Waals surface area contributed by atoms with Gasteiger partial charge in [0.1, 0.15) is 37.1 Å². The molecule has 4 heteroatoms. The monoisotopic (exact) mass is 1100 g/mol. The number of rotatable bonds is 6. The van der Waals surface area contributed by atoms with E-state index in [1.54, 1.807) is 0 Å². The van der Waals surface area contributed by atoms with Crippen LogP contribution in [0.3, 0.4) is 0 Å². The zero-order chi connectivity index (χ0) is 45.4. The van der Waals surface area contributed by atoms with Crippen LogP contribution < -0.4 is 21.2 Å². The molecule has 0 saturated heterocycles. The molecule has 0 spiro atoms. The largest absolute Gasteiger partial charge is 1.00 e. The Bertz CT molecular complexity index is 3420. The molecule has 0 atom stereocenters. The number of hydrogen-bond donors (Lipinski definition) is 0. The summed E-state index contributed by atoms with van der Waals surface area (Å²) in [6.07, 6.45) is 15.3. The van der Waals surface area contributed by atoms with Crippen LogP contribution in [-0.4, -0.2) is 5.90 Å². The zero-order valence-electron chi connectivity index (χ0n) is 37.6. The van der Waals surface area contributed by atoms with E-state index >= 15 is 0 Å². The molecule has 0 radical (unpaired) electrons. The van der Waals surface area contributed by atoms with E-state index < -0.39 is 15.8 Å². The molecule has 0 aliphatic rings. The average Bonchev–Trinajstić information content (AvgIpc) is 3.41. The molecule has 0 N–H and O–H groups in total. The van der Waals surface area contributed by atoms with Gasteiger partial charge >= 0.3 is 44.8 Å². The van der Waals surface area contributed by atoms with Gasteiger partial charge in [0.25, 0.3) is 0 Å². The Hall–Kier alpha value is -6.34. The quantitative estimate of drug-likeness (QED) is 0.0512. The molecular weight excluding hydrogens is 1060 g/mol. The van der Waals surface area contributed by atoms with Gasteiger partial charge in [-0.15, -0.1) is 23.3 Å². The number of fused-ring (bicyclic) bond motifs is 10. The summed E-state index contributed by atoms with van der Waals surface area (Å²) in [4.78, 5) is 0. The van der Waals surface area contributed by atoms with Crippen molar-refractivity contribution in [2.45, 2.75) is 0 Å². The van der Waals surface area contributed by atoms with Crippen LogP contribution >= 0.6 is 15.8 Å². The minimum Gasteiger partial charge on any atom is -0.366 e. The van der Waals surface area contributed by atoms with Gasteiger partial charge in [-0.2, -0.15) is 0 Å². The average molecular weight is 1100 g/mol. The normalized spacial score (nSPS) is 10.7. The zero-order valence-corrected chi connectivity index (χ0v) is 42.5. The summed E-state index contributed by atoms with van der Waals surface area (Å²) in [6.45, 7) is 0. The summed E-state index contributed by atoms with van der Waals surface area (Å²) in [5.41, 5.74) is 1.71. The summed E-state index contributed by atoms with van der Waals surface area (Å²) in [7, 11) is -1.69. The minimum absolute atomic E-state index is 0. The Labute approximate surface area is 439 Å². The molecule has 0 saturated carbocycles. The van der Waals surface area contributed by atoms with Crippen molar-refractivity contribution >= 4 is 102 Å². The predicted octanol–water partition coefficient (Wildman–Crippen LogP) is 14.8. The molecule has 0 fully saturated rings. The van der Waals surface area contributed by atoms with Gasteiger partial charge in [-0.3, -0.25) is 11.8 Å². The third-order valence-corrected chi connectivity index (χ3v) is 19.6. The second-order valence-electron chi connectivity index (χ2n) is 16.6. The Kier molecular flexibility index (Phi) is 16.6. The van der Waals surface area contributed by atoms with E-state index in [-0.39, 0.29) is 44.8 Å². The maximum Gasteiger partial charge on any atom is 1.00 e. The fraction of sp³-hybridized carbons (Fsp3) is 0.0154. The van der Waals surface area contributed by atoms with Crippen molar-refractivity contribution in [3.63, 3.8) is 0 Å². The molecule has 0 aliphatic carbocycles. The molecule has 0 bridgehead atoms. The van der Waals surface area contributed by atoms with Crippen molar-refractivity contribution in [3.8, 4) is 11.8 Å². The van der Waals surface area contributed by atoms with Gasteiger partial charge in [0, 0.05) is 0 Å². The third kappa shape index (κ3) is 10.6. The summed E-state index contributed by atoms with van der Waals surface area (Å²) in [5, 5.41) is 20.2. The van der Waals surface area contributed by atoms with Crippen LogP contribution in [0, 0.1) is 24.7 Å². The van der Waals surface area contributed by atoms with Crippen molar-refractivity contribution in [2.75, 3.05) is 5.90 Å². The molecule has 69 heavy (non-hydrogen) atoms. The summed E-state index contributed by atoms with van der Waals surface area (Å²) in [5.74, 6) is 6.46. The summed E-state index contributed by atoms with van der Waals surface area (Å²) in [6, 6.07) is 90.4. The van der Waals surface area contributed by atoms with E-state index in [2.05, 4.69) is 230 Å². The van der Waals surface area contributed by atoms with E-state index in [1.165, 1.54) is 70.2 Å². The van der Waals surface area contributed by atoms with Crippen LogP contribution in [0.5, 0.6) is 0 Å². The van der Waals surface area contributed by atoms with E-state index in [9.17, 15) is 0 Å². The Morgan fingerprint density at radius 1 is 0.275 bits per heavy atom. The molecule has 0 unspecified atom stereocenters. The second-order valence-corrected chi connectivity index (χ2v) is 22.2. The van der Waals surface area contributed by atoms with Crippen LogP contribution in [-0.2, 0) is 44.8 Å². The van der Waals surface area contributed by atoms with Gasteiger partial charge in [-0.05, 0) is 102 Å². The maximum atomic E-state index is 7.63. The minimum atomic E-state index is -0.847. The third-order valence-electron chi connectivity index (χ3n) is 12.6. The van der Waals surface area contributed by atoms with Crippen molar-refractivity contribution in [2.24, 2.45) is 0 Å². The van der Waals surface area contributed by atoms with E-state index in [4.69, 9.17) is 12.8 Å². The molecule has 12 rings (SSSR count). The second kappa shape index (κ2) is 23.3. The van der Waals surface area contributed by atoms with Crippen molar-refractivity contribution in [3.05, 3.63) is 279 Å². The van der Waals surface area contributed by atoms with E-state index in [1.807, 2.05) is 36.4 Å². The van der Waals surface area contributed by atoms with Gasteiger partial charge in [0.05, 0.1) is 0 Å². The van der Waals surface area contributed by atoms with Crippen LogP contribution in [0.1, 0.15) is 11.1 Å². The first-order valence-electron chi connectivity index (χ1n) is 22.6. The van der Waals surface area contributed by atoms with Crippen LogP contribution in [0.25, 0.3) is 64.6 Å². The van der Waals surface area contributed by atoms with Crippen LogP contribution in [0.2, 0.25) is 0 Å². The molecule has 0 aliphatic heterocycles. The Balaban J connectivity index is 0.000000140. The van der Waals surface area contributed by atoms with Crippen LogP contribution in [0.15, 0.2) is 255 Å². The molecule has 12 aromatic rings. The molecule has 0 aromatic heterocycles. The fourth-order valence-electron chi connectivity index (χ4n) is 9.44. The number of benzene rings is 12. The standard InChI is InChI=1S/C25H22P2.2C20H11.2Ag/c1-5-13-22(14-6-1)26(23-15-7-2-8-16-23)21-27(24-17-9-3-10-18-24)25-19-11-4-12-20-25;2*1-2-14-13-16-8-4-5-9-17(16)19-12-11-15-7-3-6-10-18(15)20(14)19;;/h1-20H,21H2;2*3-13H;;/q;2*-1;2*+1/p+2. The van der Waals surface area contributed by atoms with Crippen LogP contribution in [0.4, 0.5) is 0 Å². The first kappa shape index (κ1) is 49.1. The molecular formula is C65H46Ag2P2+2. The predicted molar refractivity (Wildman–Crippen MR) is 296 cm³/mol. The van der Waals surface area contributed by atoms with Crippen molar-refractivity contribution in [1.29, 1.82) is 0 Å². The number of hydrogen-bond acceptors (Lipinski definition) is 0. The molecule has 0 nitrogen and oxygen atoms in total. The first-order valence-corrected chi connectivity index (χ1v) is 26.0. The van der Waals surface area contributed by atoms with Gasteiger partial charge in [-0.1, -0.05) is 205 Å². The Morgan fingerprint density at radius 3 is 0.870 bits per heavy atom. The van der Waals surface area contributed by atoms with Gasteiger partial charge < -0.3 is 12.8 Å². The van der Waals surface area contributed by atoms with Crippen molar-refractivity contribution < 1.29 is 44.8 Å². The molecule has 0 heterocycles. The van der Waals surface area contributed by atoms with Gasteiger partial charge in [0.2, 0.25) is 0 Å². The fourth-order valence-corrected chi connectivity index (χ4v) is 17.2. The maximum absolute atomic E-state index is 7.63. The van der Waals surface area contributed by atoms with E-state index in [0.29, 0.717) is 0 Å². The Morgan fingerprint density at radius 2 is 0.551 bits per heavy atom. The van der Waals surface area contributed by atoms with Crippen molar-refractivity contribution in [1.82, 2.24) is 0 Å². The summed E-state index contributed by atoms with van der Waals surface area (Å²) < 4.78 is 0. The van der Waals surface area contributed by atoms with E-state index in [0.717, 1.165) is 32.7 Å². The van der Waals surface area contributed by atoms with Gasteiger partial charge in [0.15, 0.2) is 5.90 Å². The SMILES string of the molecule is [Ag+].[Ag+].[C-]#Cc1cc2ccccc2c2ccc3ccccc3c12.[C-]#Cc1cc2ccccc2c2ccc3ccccc3c12.c1ccc([PH+](C[PH+](c2ccccc2)c2ccccc2)c2ccccc2)cc1.